The van der Waals surface area contributed by atoms with Crippen molar-refractivity contribution in [3.8, 4) is 5.75 Å². The fourth-order valence-electron chi connectivity index (χ4n) is 4.31. The first kappa shape index (κ1) is 25.5. The van der Waals surface area contributed by atoms with Crippen LogP contribution >= 0.6 is 34.7 Å². The zero-order valence-electron chi connectivity index (χ0n) is 19.6. The summed E-state index contributed by atoms with van der Waals surface area (Å²) in [4.78, 5) is 29.1. The van der Waals surface area contributed by atoms with Crippen LogP contribution in [0.1, 0.15) is 58.9 Å². The molecule has 2 amide bonds. The van der Waals surface area contributed by atoms with Gasteiger partial charge in [0.2, 0.25) is 5.91 Å². The summed E-state index contributed by atoms with van der Waals surface area (Å²) in [6.45, 7) is 2.15. The number of methoxy groups -OCH3 is 1. The van der Waals surface area contributed by atoms with E-state index in [2.05, 4.69) is 9.69 Å². The summed E-state index contributed by atoms with van der Waals surface area (Å²) >= 11 is 13.4. The maximum absolute atomic E-state index is 13.9. The molecule has 1 heterocycles. The minimum absolute atomic E-state index is 0.0426. The Morgan fingerprint density at radius 1 is 1.11 bits per heavy atom. The summed E-state index contributed by atoms with van der Waals surface area (Å²) in [7, 11) is 1.60. The average Bonchev–Trinajstić information content (AvgIpc) is 3.49. The predicted octanol–water partition coefficient (Wildman–Crippen LogP) is 6.21. The van der Waals surface area contributed by atoms with Crippen molar-refractivity contribution < 1.29 is 14.3 Å². The van der Waals surface area contributed by atoms with E-state index in [9.17, 15) is 9.59 Å². The molecule has 0 radical (unpaired) electrons. The lowest BCUT2D eigenvalue weighted by molar-refractivity contribution is -0.126. The SMILES string of the molecule is COc1ccc(CN(C(=O)c2nsc(Cl)c2Cl)[C@H](C(=O)NC2CCCC2)c2ccc(C)cc2)cc1. The summed E-state index contributed by atoms with van der Waals surface area (Å²) in [5.41, 5.74) is 2.65. The molecule has 1 aliphatic carbocycles. The van der Waals surface area contributed by atoms with E-state index in [1.807, 2.05) is 55.5 Å². The van der Waals surface area contributed by atoms with E-state index in [0.717, 1.165) is 48.3 Å². The van der Waals surface area contributed by atoms with Crippen LogP contribution in [0.2, 0.25) is 9.36 Å². The Morgan fingerprint density at radius 2 is 1.77 bits per heavy atom. The van der Waals surface area contributed by atoms with Gasteiger partial charge in [0, 0.05) is 12.6 Å². The Kier molecular flexibility index (Phi) is 8.31. The fourth-order valence-corrected chi connectivity index (χ4v) is 5.30. The first-order chi connectivity index (χ1) is 16.9. The molecule has 1 aromatic heterocycles. The van der Waals surface area contributed by atoms with E-state index in [1.165, 1.54) is 4.90 Å². The molecule has 4 rings (SSSR count). The molecule has 2 aromatic carbocycles. The van der Waals surface area contributed by atoms with Crippen molar-refractivity contribution in [1.82, 2.24) is 14.6 Å². The van der Waals surface area contributed by atoms with Crippen LogP contribution in [-0.4, -0.2) is 34.2 Å². The van der Waals surface area contributed by atoms with E-state index in [4.69, 9.17) is 27.9 Å². The van der Waals surface area contributed by atoms with Crippen molar-refractivity contribution in [2.75, 3.05) is 7.11 Å². The summed E-state index contributed by atoms with van der Waals surface area (Å²) in [6.07, 6.45) is 4.04. The van der Waals surface area contributed by atoms with Crippen molar-refractivity contribution in [2.24, 2.45) is 0 Å². The molecule has 184 valence electrons. The third-order valence-electron chi connectivity index (χ3n) is 6.23. The highest BCUT2D eigenvalue weighted by Gasteiger charge is 2.35. The molecule has 6 nitrogen and oxygen atoms in total. The van der Waals surface area contributed by atoms with Gasteiger partial charge >= 0.3 is 0 Å². The van der Waals surface area contributed by atoms with Crippen LogP contribution in [0.3, 0.4) is 0 Å². The number of carbonyl (C=O) groups is 2. The molecule has 1 saturated carbocycles. The summed E-state index contributed by atoms with van der Waals surface area (Å²) in [5.74, 6) is 0.0243. The van der Waals surface area contributed by atoms with Crippen LogP contribution in [0.25, 0.3) is 0 Å². The highest BCUT2D eigenvalue weighted by atomic mass is 35.5. The molecule has 1 fully saturated rings. The third-order valence-corrected chi connectivity index (χ3v) is 7.84. The molecule has 0 saturated heterocycles. The molecule has 35 heavy (non-hydrogen) atoms. The number of hydrogen-bond acceptors (Lipinski definition) is 5. The van der Waals surface area contributed by atoms with Crippen molar-refractivity contribution in [3.63, 3.8) is 0 Å². The minimum atomic E-state index is -0.873. The highest BCUT2D eigenvalue weighted by Crippen LogP contribution is 2.34. The van der Waals surface area contributed by atoms with Gasteiger partial charge in [-0.25, -0.2) is 0 Å². The number of nitrogens with one attached hydrogen (secondary N) is 1. The van der Waals surface area contributed by atoms with E-state index >= 15 is 0 Å². The largest absolute Gasteiger partial charge is 0.497 e. The lowest BCUT2D eigenvalue weighted by atomic mass is 10.0. The van der Waals surface area contributed by atoms with Crippen LogP contribution in [0, 0.1) is 6.92 Å². The zero-order valence-corrected chi connectivity index (χ0v) is 21.9. The van der Waals surface area contributed by atoms with Crippen LogP contribution in [0.5, 0.6) is 5.75 Å². The van der Waals surface area contributed by atoms with Crippen LogP contribution in [-0.2, 0) is 11.3 Å². The van der Waals surface area contributed by atoms with Crippen molar-refractivity contribution in [2.45, 2.75) is 51.2 Å². The molecule has 1 atom stereocenters. The molecule has 1 N–H and O–H groups in total. The second kappa shape index (κ2) is 11.4. The Labute approximate surface area is 219 Å². The molecule has 9 heteroatoms. The van der Waals surface area contributed by atoms with E-state index in [-0.39, 0.29) is 33.5 Å². The van der Waals surface area contributed by atoms with Gasteiger partial charge in [-0.3, -0.25) is 9.59 Å². The summed E-state index contributed by atoms with van der Waals surface area (Å²) in [5, 5.41) is 3.27. The van der Waals surface area contributed by atoms with Gasteiger partial charge in [-0.15, -0.1) is 0 Å². The number of rotatable bonds is 8. The van der Waals surface area contributed by atoms with Crippen molar-refractivity contribution >= 4 is 46.5 Å². The molecule has 0 aliphatic heterocycles. The third kappa shape index (κ3) is 5.97. The molecular weight excluding hydrogens is 505 g/mol. The number of carbonyl (C=O) groups excluding carboxylic acids is 2. The van der Waals surface area contributed by atoms with Gasteiger partial charge in [-0.05, 0) is 54.6 Å². The zero-order chi connectivity index (χ0) is 24.9. The van der Waals surface area contributed by atoms with Gasteiger partial charge in [0.1, 0.15) is 21.2 Å². The predicted molar refractivity (Wildman–Crippen MR) is 139 cm³/mol. The van der Waals surface area contributed by atoms with Gasteiger partial charge in [0.05, 0.1) is 7.11 Å². The molecule has 1 aliphatic rings. The molecule has 0 bridgehead atoms. The van der Waals surface area contributed by atoms with E-state index in [0.29, 0.717) is 11.3 Å². The lowest BCUT2D eigenvalue weighted by Gasteiger charge is -2.32. The lowest BCUT2D eigenvalue weighted by Crippen LogP contribution is -2.46. The summed E-state index contributed by atoms with van der Waals surface area (Å²) in [6, 6.07) is 14.3. The van der Waals surface area contributed by atoms with E-state index in [1.54, 1.807) is 7.11 Å². The topological polar surface area (TPSA) is 71.5 Å². The van der Waals surface area contributed by atoms with Gasteiger partial charge in [0.15, 0.2) is 5.69 Å². The number of hydrogen-bond donors (Lipinski definition) is 1. The van der Waals surface area contributed by atoms with Gasteiger partial charge < -0.3 is 15.0 Å². The molecular formula is C26H27Cl2N3O3S. The molecule has 0 unspecified atom stereocenters. The minimum Gasteiger partial charge on any atom is -0.497 e. The standard InChI is InChI=1S/C26H27Cl2N3O3S/c1-16-7-11-18(12-8-16)23(25(32)29-19-5-3-4-6-19)31(15-17-9-13-20(34-2)14-10-17)26(33)22-21(27)24(28)35-30-22/h7-14,19,23H,3-6,15H2,1-2H3,(H,29,32)/t23-/m0/s1. The maximum Gasteiger partial charge on any atom is 0.276 e. The van der Waals surface area contributed by atoms with Crippen molar-refractivity contribution in [3.05, 3.63) is 80.3 Å². The highest BCUT2D eigenvalue weighted by molar-refractivity contribution is 7.11. The van der Waals surface area contributed by atoms with Crippen LogP contribution in [0.15, 0.2) is 48.5 Å². The number of halogens is 2. The van der Waals surface area contributed by atoms with Crippen LogP contribution in [0.4, 0.5) is 0 Å². The first-order valence-electron chi connectivity index (χ1n) is 11.5. The number of benzene rings is 2. The second-order valence-corrected chi connectivity index (χ2v) is 10.5. The normalized spacial score (nSPS) is 14.5. The second-order valence-electron chi connectivity index (χ2n) is 8.70. The molecule has 3 aromatic rings. The first-order valence-corrected chi connectivity index (χ1v) is 13.0. The number of ether oxygens (including phenoxy) is 1. The number of aryl methyl sites for hydroxylation is 1. The van der Waals surface area contributed by atoms with Crippen molar-refractivity contribution in [1.29, 1.82) is 0 Å². The Hall–Kier alpha value is -2.61. The van der Waals surface area contributed by atoms with Gasteiger partial charge in [0.25, 0.3) is 5.91 Å². The smallest absolute Gasteiger partial charge is 0.276 e. The maximum atomic E-state index is 13.9. The number of nitrogens with zero attached hydrogens (tertiary/aromatic N) is 2. The summed E-state index contributed by atoms with van der Waals surface area (Å²) < 4.78 is 9.70. The quantitative estimate of drug-likeness (QED) is 0.375. The monoisotopic (exact) mass is 531 g/mol. The van der Waals surface area contributed by atoms with E-state index < -0.39 is 11.9 Å². The average molecular weight is 532 g/mol. The number of aromatic nitrogens is 1. The van der Waals surface area contributed by atoms with Gasteiger partial charge in [-0.1, -0.05) is 78.0 Å². The Bertz CT molecular complexity index is 1180. The Balaban J connectivity index is 1.76. The fraction of sp³-hybridized carbons (Fsp3) is 0.346. The molecule has 0 spiro atoms. The Morgan fingerprint density at radius 3 is 2.34 bits per heavy atom. The van der Waals surface area contributed by atoms with Crippen LogP contribution < -0.4 is 10.1 Å². The van der Waals surface area contributed by atoms with Gasteiger partial charge in [-0.2, -0.15) is 4.37 Å². The number of amides is 2.